The average molecular weight is 425 g/mol. The highest BCUT2D eigenvalue weighted by molar-refractivity contribution is 7.93. The molecule has 0 amide bonds. The number of fused-ring (bicyclic) bond motifs is 3. The second-order valence-corrected chi connectivity index (χ2v) is 11.9. The van der Waals surface area contributed by atoms with E-state index in [0.717, 1.165) is 33.0 Å². The van der Waals surface area contributed by atoms with Gasteiger partial charge in [0.1, 0.15) is 10.6 Å². The van der Waals surface area contributed by atoms with E-state index < -0.39 is 20.1 Å². The SMILES string of the molecule is CCC#Cc1ccc2sc3ccc([C@]4(C)CS(=O)(=O)C(C)(C)C(=N)N4)cc3c2c1. The Bertz CT molecular complexity index is 1320. The van der Waals surface area contributed by atoms with Gasteiger partial charge in [-0.15, -0.1) is 11.3 Å². The van der Waals surface area contributed by atoms with Gasteiger partial charge in [-0.25, -0.2) is 8.42 Å². The summed E-state index contributed by atoms with van der Waals surface area (Å²) >= 11 is 1.72. The fourth-order valence-electron chi connectivity index (χ4n) is 3.72. The van der Waals surface area contributed by atoms with Crippen molar-refractivity contribution in [2.24, 2.45) is 0 Å². The third-order valence-corrected chi connectivity index (χ3v) is 9.64. The number of benzene rings is 2. The van der Waals surface area contributed by atoms with E-state index in [-0.39, 0.29) is 11.6 Å². The van der Waals surface area contributed by atoms with E-state index >= 15 is 0 Å². The van der Waals surface area contributed by atoms with Crippen molar-refractivity contribution in [1.29, 1.82) is 5.41 Å². The molecule has 1 saturated heterocycles. The van der Waals surface area contributed by atoms with Crippen LogP contribution in [-0.4, -0.2) is 24.8 Å². The maximum atomic E-state index is 12.9. The maximum absolute atomic E-state index is 12.9. The molecule has 6 heteroatoms. The van der Waals surface area contributed by atoms with Crippen LogP contribution in [0.15, 0.2) is 36.4 Å². The molecule has 0 unspecified atom stereocenters. The van der Waals surface area contributed by atoms with E-state index in [2.05, 4.69) is 41.4 Å². The Labute approximate surface area is 175 Å². The van der Waals surface area contributed by atoms with E-state index in [1.54, 1.807) is 25.2 Å². The Kier molecular flexibility index (Phi) is 4.52. The van der Waals surface area contributed by atoms with Crippen LogP contribution in [0.25, 0.3) is 20.2 Å². The van der Waals surface area contributed by atoms with Gasteiger partial charge in [-0.3, -0.25) is 5.41 Å². The van der Waals surface area contributed by atoms with Crippen LogP contribution in [0.4, 0.5) is 0 Å². The van der Waals surface area contributed by atoms with Gasteiger partial charge in [-0.05, 0) is 56.7 Å². The molecule has 1 atom stereocenters. The molecule has 29 heavy (non-hydrogen) atoms. The van der Waals surface area contributed by atoms with Gasteiger partial charge in [-0.2, -0.15) is 0 Å². The number of thiophene rings is 1. The van der Waals surface area contributed by atoms with Gasteiger partial charge in [-0.1, -0.05) is 24.8 Å². The van der Waals surface area contributed by atoms with Crippen molar-refractivity contribution in [2.75, 3.05) is 5.75 Å². The zero-order chi connectivity index (χ0) is 21.0. The molecule has 0 aliphatic carbocycles. The minimum atomic E-state index is -3.47. The van der Waals surface area contributed by atoms with Crippen molar-refractivity contribution >= 4 is 47.2 Å². The van der Waals surface area contributed by atoms with Gasteiger partial charge in [0.2, 0.25) is 0 Å². The van der Waals surface area contributed by atoms with Crippen molar-refractivity contribution < 1.29 is 8.42 Å². The highest BCUT2D eigenvalue weighted by atomic mass is 32.2. The number of nitrogens with one attached hydrogen (secondary N) is 2. The Balaban J connectivity index is 1.86. The summed E-state index contributed by atoms with van der Waals surface area (Å²) in [6.45, 7) is 7.07. The molecule has 2 N–H and O–H groups in total. The number of amidine groups is 1. The Morgan fingerprint density at radius 2 is 1.76 bits per heavy atom. The lowest BCUT2D eigenvalue weighted by Gasteiger charge is -2.43. The van der Waals surface area contributed by atoms with Crippen LogP contribution in [-0.2, 0) is 15.4 Å². The quantitative estimate of drug-likeness (QED) is 0.551. The van der Waals surface area contributed by atoms with Crippen LogP contribution in [0.2, 0.25) is 0 Å². The van der Waals surface area contributed by atoms with Crippen molar-refractivity contribution in [3.8, 4) is 11.8 Å². The predicted molar refractivity (Wildman–Crippen MR) is 123 cm³/mol. The first-order valence-corrected chi connectivity index (χ1v) is 12.1. The first kappa shape index (κ1) is 19.9. The van der Waals surface area contributed by atoms with E-state index in [4.69, 9.17) is 5.41 Å². The number of hydrogen-bond acceptors (Lipinski definition) is 4. The van der Waals surface area contributed by atoms with Crippen LogP contribution < -0.4 is 5.32 Å². The zero-order valence-electron chi connectivity index (χ0n) is 17.0. The topological polar surface area (TPSA) is 70.0 Å². The van der Waals surface area contributed by atoms with E-state index in [1.165, 1.54) is 4.70 Å². The van der Waals surface area contributed by atoms with E-state index in [9.17, 15) is 8.42 Å². The highest BCUT2D eigenvalue weighted by Gasteiger charge is 2.50. The van der Waals surface area contributed by atoms with E-state index in [0.29, 0.717) is 0 Å². The number of sulfone groups is 1. The normalized spacial score (nSPS) is 22.8. The molecule has 1 aliphatic rings. The molecule has 0 saturated carbocycles. The van der Waals surface area contributed by atoms with Crippen LogP contribution in [0, 0.1) is 17.3 Å². The second-order valence-electron chi connectivity index (χ2n) is 8.28. The fourth-order valence-corrected chi connectivity index (χ4v) is 6.51. The van der Waals surface area contributed by atoms with Crippen molar-refractivity contribution in [2.45, 2.75) is 44.4 Å². The monoisotopic (exact) mass is 424 g/mol. The van der Waals surface area contributed by atoms with Gasteiger partial charge < -0.3 is 5.32 Å². The van der Waals surface area contributed by atoms with Crippen LogP contribution >= 0.6 is 11.3 Å². The maximum Gasteiger partial charge on any atom is 0.165 e. The minimum Gasteiger partial charge on any atom is -0.362 e. The summed E-state index contributed by atoms with van der Waals surface area (Å²) in [5, 5.41) is 13.7. The smallest absolute Gasteiger partial charge is 0.165 e. The Morgan fingerprint density at radius 3 is 2.41 bits per heavy atom. The molecule has 1 aromatic heterocycles. The van der Waals surface area contributed by atoms with Crippen molar-refractivity contribution in [1.82, 2.24) is 5.32 Å². The first-order chi connectivity index (χ1) is 13.6. The molecule has 1 aliphatic heterocycles. The summed E-state index contributed by atoms with van der Waals surface area (Å²) in [5.74, 6) is 6.30. The minimum absolute atomic E-state index is 0.0404. The highest BCUT2D eigenvalue weighted by Crippen LogP contribution is 2.39. The van der Waals surface area contributed by atoms with Gasteiger partial charge in [0, 0.05) is 32.2 Å². The molecular formula is C23H24N2O2S2. The summed E-state index contributed by atoms with van der Waals surface area (Å²) in [5.41, 5.74) is 1.02. The zero-order valence-corrected chi connectivity index (χ0v) is 18.6. The summed E-state index contributed by atoms with van der Waals surface area (Å²) in [6.07, 6.45) is 0.813. The average Bonchev–Trinajstić information content (AvgIpc) is 3.01. The molecule has 0 radical (unpaired) electrons. The summed E-state index contributed by atoms with van der Waals surface area (Å²) in [6, 6.07) is 12.3. The first-order valence-electron chi connectivity index (χ1n) is 9.62. The molecule has 4 nitrogen and oxygen atoms in total. The molecule has 2 aromatic carbocycles. The summed E-state index contributed by atoms with van der Waals surface area (Å²) in [4.78, 5) is 0. The van der Waals surface area contributed by atoms with Gasteiger partial charge in [0.25, 0.3) is 0 Å². The van der Waals surface area contributed by atoms with Crippen LogP contribution in [0.5, 0.6) is 0 Å². The van der Waals surface area contributed by atoms with Gasteiger partial charge in [0.15, 0.2) is 9.84 Å². The number of rotatable bonds is 1. The molecular weight excluding hydrogens is 400 g/mol. The lowest BCUT2D eigenvalue weighted by Crippen LogP contribution is -2.63. The van der Waals surface area contributed by atoms with Crippen LogP contribution in [0.3, 0.4) is 0 Å². The Morgan fingerprint density at radius 1 is 1.10 bits per heavy atom. The molecule has 3 aromatic rings. The standard InChI is InChI=1S/C23H24N2O2S2/c1-5-6-7-15-8-10-19-17(12-15)18-13-16(9-11-20(18)28-19)23(4)14-29(26,27)22(2,3)21(24)25-23/h8-13H,5,14H2,1-4H3,(H2,24,25)/t23-/m0/s1. The van der Waals surface area contributed by atoms with Crippen LogP contribution in [0.1, 0.15) is 45.2 Å². The third kappa shape index (κ3) is 3.13. The summed E-state index contributed by atoms with van der Waals surface area (Å²) in [7, 11) is -3.47. The lowest BCUT2D eigenvalue weighted by atomic mass is 9.91. The fraction of sp³-hybridized carbons (Fsp3) is 0.348. The molecule has 2 heterocycles. The molecule has 0 bridgehead atoms. The van der Waals surface area contributed by atoms with Gasteiger partial charge >= 0.3 is 0 Å². The van der Waals surface area contributed by atoms with Crippen molar-refractivity contribution in [3.05, 3.63) is 47.5 Å². The molecule has 4 rings (SSSR count). The van der Waals surface area contributed by atoms with Gasteiger partial charge in [0.05, 0.1) is 11.3 Å². The third-order valence-electron chi connectivity index (χ3n) is 5.78. The van der Waals surface area contributed by atoms with E-state index in [1.807, 2.05) is 26.0 Å². The predicted octanol–water partition coefficient (Wildman–Crippen LogP) is 4.81. The molecule has 150 valence electrons. The largest absolute Gasteiger partial charge is 0.362 e. The second kappa shape index (κ2) is 6.58. The Hall–Kier alpha value is -2.36. The summed E-state index contributed by atoms with van der Waals surface area (Å²) < 4.78 is 26.9. The lowest BCUT2D eigenvalue weighted by molar-refractivity contribution is 0.443. The number of hydrogen-bond donors (Lipinski definition) is 2. The molecule has 1 fully saturated rings. The van der Waals surface area contributed by atoms with Crippen molar-refractivity contribution in [3.63, 3.8) is 0 Å². The molecule has 0 spiro atoms.